The first-order valence-corrected chi connectivity index (χ1v) is 7.29. The SMILES string of the molecule is CCNc1cccc(C(=O)Nc2cc(Br)ccc2OC)n1. The molecule has 2 rings (SSSR count). The number of pyridine rings is 1. The smallest absolute Gasteiger partial charge is 0.274 e. The van der Waals surface area contributed by atoms with E-state index in [1.807, 2.05) is 19.1 Å². The average Bonchev–Trinajstić information content (AvgIpc) is 2.48. The first-order valence-electron chi connectivity index (χ1n) is 6.50. The molecule has 2 aromatic rings. The highest BCUT2D eigenvalue weighted by molar-refractivity contribution is 9.10. The van der Waals surface area contributed by atoms with Crippen LogP contribution in [0.15, 0.2) is 40.9 Å². The van der Waals surface area contributed by atoms with E-state index in [-0.39, 0.29) is 5.91 Å². The number of anilines is 2. The van der Waals surface area contributed by atoms with Gasteiger partial charge < -0.3 is 15.4 Å². The number of benzene rings is 1. The van der Waals surface area contributed by atoms with E-state index in [4.69, 9.17) is 4.74 Å². The van der Waals surface area contributed by atoms with Crippen LogP contribution >= 0.6 is 15.9 Å². The predicted octanol–water partition coefficient (Wildman–Crippen LogP) is 3.54. The van der Waals surface area contributed by atoms with Gasteiger partial charge in [-0.1, -0.05) is 22.0 Å². The van der Waals surface area contributed by atoms with Crippen LogP contribution in [0.2, 0.25) is 0 Å². The second kappa shape index (κ2) is 7.08. The summed E-state index contributed by atoms with van der Waals surface area (Å²) >= 11 is 3.37. The summed E-state index contributed by atoms with van der Waals surface area (Å²) in [5.74, 6) is 0.979. The van der Waals surface area contributed by atoms with Gasteiger partial charge in [0.05, 0.1) is 12.8 Å². The zero-order chi connectivity index (χ0) is 15.2. The summed E-state index contributed by atoms with van der Waals surface area (Å²) in [4.78, 5) is 16.5. The Hall–Kier alpha value is -2.08. The van der Waals surface area contributed by atoms with Crippen molar-refractivity contribution in [2.45, 2.75) is 6.92 Å². The maximum atomic E-state index is 12.3. The van der Waals surface area contributed by atoms with Crippen LogP contribution in [0.1, 0.15) is 17.4 Å². The molecule has 0 aliphatic heterocycles. The molecule has 0 spiro atoms. The first-order chi connectivity index (χ1) is 10.1. The van der Waals surface area contributed by atoms with Gasteiger partial charge in [0.25, 0.3) is 5.91 Å². The van der Waals surface area contributed by atoms with Crippen LogP contribution in [-0.4, -0.2) is 24.5 Å². The Balaban J connectivity index is 2.21. The molecule has 0 saturated carbocycles. The topological polar surface area (TPSA) is 63.2 Å². The third kappa shape index (κ3) is 3.95. The van der Waals surface area contributed by atoms with Crippen LogP contribution in [-0.2, 0) is 0 Å². The van der Waals surface area contributed by atoms with Gasteiger partial charge >= 0.3 is 0 Å². The van der Waals surface area contributed by atoms with Crippen molar-refractivity contribution in [3.63, 3.8) is 0 Å². The van der Waals surface area contributed by atoms with Gasteiger partial charge in [0.15, 0.2) is 0 Å². The molecule has 5 nitrogen and oxygen atoms in total. The third-order valence-corrected chi connectivity index (χ3v) is 3.24. The van der Waals surface area contributed by atoms with Gasteiger partial charge in [0, 0.05) is 11.0 Å². The fourth-order valence-electron chi connectivity index (χ4n) is 1.80. The maximum absolute atomic E-state index is 12.3. The number of amides is 1. The Bertz CT molecular complexity index is 647. The highest BCUT2D eigenvalue weighted by Crippen LogP contribution is 2.28. The number of nitrogens with one attached hydrogen (secondary N) is 2. The van der Waals surface area contributed by atoms with Crippen LogP contribution in [0.4, 0.5) is 11.5 Å². The van der Waals surface area contributed by atoms with Gasteiger partial charge in [-0.25, -0.2) is 4.98 Å². The fourth-order valence-corrected chi connectivity index (χ4v) is 2.17. The summed E-state index contributed by atoms with van der Waals surface area (Å²) in [5, 5.41) is 5.88. The second-order valence-electron chi connectivity index (χ2n) is 4.24. The minimum Gasteiger partial charge on any atom is -0.495 e. The van der Waals surface area contributed by atoms with Crippen LogP contribution in [0.25, 0.3) is 0 Å². The highest BCUT2D eigenvalue weighted by atomic mass is 79.9. The standard InChI is InChI=1S/C15H16BrN3O2/c1-3-17-14-6-4-5-11(18-14)15(20)19-12-9-10(16)7-8-13(12)21-2/h4-9H,3H2,1-2H3,(H,17,18)(H,19,20). The predicted molar refractivity (Wildman–Crippen MR) is 87.0 cm³/mol. The van der Waals surface area contributed by atoms with Gasteiger partial charge in [-0.15, -0.1) is 0 Å². The molecule has 0 bridgehead atoms. The number of halogens is 1. The molecule has 1 amide bonds. The van der Waals surface area contributed by atoms with E-state index in [0.29, 0.717) is 22.9 Å². The number of nitrogens with zero attached hydrogens (tertiary/aromatic N) is 1. The molecule has 0 radical (unpaired) electrons. The van der Waals surface area contributed by atoms with Crippen molar-refractivity contribution in [2.75, 3.05) is 24.3 Å². The monoisotopic (exact) mass is 349 g/mol. The van der Waals surface area contributed by atoms with Gasteiger partial charge in [0.2, 0.25) is 0 Å². The minimum atomic E-state index is -0.286. The summed E-state index contributed by atoms with van der Waals surface area (Å²) in [6, 6.07) is 10.7. The largest absolute Gasteiger partial charge is 0.495 e. The molecule has 110 valence electrons. The summed E-state index contributed by atoms with van der Waals surface area (Å²) < 4.78 is 6.09. The normalized spacial score (nSPS) is 10.0. The van der Waals surface area contributed by atoms with Gasteiger partial charge in [-0.2, -0.15) is 0 Å². The van der Waals surface area contributed by atoms with Crippen LogP contribution in [0.3, 0.4) is 0 Å². The molecule has 0 aliphatic rings. The van der Waals surface area contributed by atoms with Crippen molar-refractivity contribution in [1.82, 2.24) is 4.98 Å². The number of hydrogen-bond donors (Lipinski definition) is 2. The second-order valence-corrected chi connectivity index (χ2v) is 5.15. The lowest BCUT2D eigenvalue weighted by Crippen LogP contribution is -2.15. The number of carbonyl (C=O) groups excluding carboxylic acids is 1. The van der Waals surface area contributed by atoms with E-state index in [9.17, 15) is 4.79 Å². The lowest BCUT2D eigenvalue weighted by Gasteiger charge is -2.11. The zero-order valence-corrected chi connectivity index (χ0v) is 13.4. The molecule has 0 unspecified atom stereocenters. The maximum Gasteiger partial charge on any atom is 0.274 e. The fraction of sp³-hybridized carbons (Fsp3) is 0.200. The highest BCUT2D eigenvalue weighted by Gasteiger charge is 2.12. The molecule has 6 heteroatoms. The number of rotatable bonds is 5. The molecule has 1 aromatic carbocycles. The molecule has 2 N–H and O–H groups in total. The quantitative estimate of drug-likeness (QED) is 0.866. The van der Waals surface area contributed by atoms with Crippen molar-refractivity contribution < 1.29 is 9.53 Å². The summed E-state index contributed by atoms with van der Waals surface area (Å²) in [6.45, 7) is 2.72. The van der Waals surface area contributed by atoms with Crippen molar-refractivity contribution in [3.05, 3.63) is 46.6 Å². The van der Waals surface area contributed by atoms with E-state index < -0.39 is 0 Å². The van der Waals surface area contributed by atoms with E-state index in [0.717, 1.165) is 11.0 Å². The van der Waals surface area contributed by atoms with Crippen molar-refractivity contribution in [1.29, 1.82) is 0 Å². The molecule has 1 heterocycles. The van der Waals surface area contributed by atoms with Crippen molar-refractivity contribution >= 4 is 33.3 Å². The lowest BCUT2D eigenvalue weighted by atomic mass is 10.2. The van der Waals surface area contributed by atoms with E-state index in [1.54, 1.807) is 31.4 Å². The Kier molecular flexibility index (Phi) is 5.16. The van der Waals surface area contributed by atoms with Crippen LogP contribution in [0.5, 0.6) is 5.75 Å². The van der Waals surface area contributed by atoms with Crippen LogP contribution in [0, 0.1) is 0 Å². The molecule has 0 atom stereocenters. The number of aromatic nitrogens is 1. The minimum absolute atomic E-state index is 0.286. The first kappa shape index (κ1) is 15.3. The lowest BCUT2D eigenvalue weighted by molar-refractivity contribution is 0.102. The molecule has 21 heavy (non-hydrogen) atoms. The Morgan fingerprint density at radius 2 is 2.14 bits per heavy atom. The van der Waals surface area contributed by atoms with Gasteiger partial charge in [-0.05, 0) is 37.3 Å². The Morgan fingerprint density at radius 3 is 2.86 bits per heavy atom. The number of hydrogen-bond acceptors (Lipinski definition) is 4. The van der Waals surface area contributed by atoms with Crippen molar-refractivity contribution in [3.8, 4) is 5.75 Å². The third-order valence-electron chi connectivity index (χ3n) is 2.75. The van der Waals surface area contributed by atoms with E-state index in [1.165, 1.54) is 0 Å². The summed E-state index contributed by atoms with van der Waals surface area (Å²) in [6.07, 6.45) is 0. The molecular weight excluding hydrogens is 334 g/mol. The number of methoxy groups -OCH3 is 1. The summed E-state index contributed by atoms with van der Waals surface area (Å²) in [5.41, 5.74) is 0.933. The van der Waals surface area contributed by atoms with Gasteiger partial charge in [-0.3, -0.25) is 4.79 Å². The zero-order valence-electron chi connectivity index (χ0n) is 11.8. The van der Waals surface area contributed by atoms with Crippen molar-refractivity contribution in [2.24, 2.45) is 0 Å². The average molecular weight is 350 g/mol. The molecular formula is C15H16BrN3O2. The molecule has 0 saturated heterocycles. The van der Waals surface area contributed by atoms with Gasteiger partial charge in [0.1, 0.15) is 17.3 Å². The summed E-state index contributed by atoms with van der Waals surface area (Å²) in [7, 11) is 1.56. The Labute approximate surface area is 131 Å². The number of carbonyl (C=O) groups is 1. The molecule has 1 aromatic heterocycles. The molecule has 0 fully saturated rings. The Morgan fingerprint density at radius 1 is 1.33 bits per heavy atom. The van der Waals surface area contributed by atoms with E-state index >= 15 is 0 Å². The van der Waals surface area contributed by atoms with E-state index in [2.05, 4.69) is 31.5 Å². The van der Waals surface area contributed by atoms with Crippen LogP contribution < -0.4 is 15.4 Å². The molecule has 0 aliphatic carbocycles. The number of ether oxygens (including phenoxy) is 1.